The van der Waals surface area contributed by atoms with Gasteiger partial charge in [-0.25, -0.2) is 8.78 Å². The van der Waals surface area contributed by atoms with Crippen LogP contribution in [0.3, 0.4) is 0 Å². The number of carbonyl (C=O) groups is 1. The number of amides is 1. The minimum Gasteiger partial charge on any atom is -0.336 e. The average Bonchev–Trinajstić information content (AvgIpc) is 2.84. The Balaban J connectivity index is 2.18. The molecule has 0 N–H and O–H groups in total. The summed E-state index contributed by atoms with van der Waals surface area (Å²) in [5.41, 5.74) is -0.242. The summed E-state index contributed by atoms with van der Waals surface area (Å²) in [6.45, 7) is 0.381. The summed E-state index contributed by atoms with van der Waals surface area (Å²) in [4.78, 5) is 14.3. The number of carbonyl (C=O) groups excluding carboxylic acids is 1. The number of hydrogen-bond donors (Lipinski definition) is 0. The number of hydrogen-bond acceptors (Lipinski definition) is 2. The molecule has 2 nitrogen and oxygen atoms in total. The maximum absolute atomic E-state index is 13.5. The Morgan fingerprint density at radius 3 is 2.72 bits per heavy atom. The summed E-state index contributed by atoms with van der Waals surface area (Å²) in [5, 5.41) is 1.90. The molecule has 1 amide bonds. The quantitative estimate of drug-likeness (QED) is 0.835. The van der Waals surface area contributed by atoms with Crippen LogP contribution in [-0.2, 0) is 6.54 Å². The van der Waals surface area contributed by atoms with Gasteiger partial charge in [0, 0.05) is 11.9 Å². The molecular weight excluding hydrogens is 256 g/mol. The van der Waals surface area contributed by atoms with Crippen LogP contribution < -0.4 is 0 Å². The molecule has 0 spiro atoms. The van der Waals surface area contributed by atoms with Crippen molar-refractivity contribution in [2.75, 3.05) is 7.05 Å². The number of rotatable bonds is 3. The minimum atomic E-state index is -1.10. The fourth-order valence-electron chi connectivity index (χ4n) is 1.58. The van der Waals surface area contributed by atoms with Gasteiger partial charge in [-0.15, -0.1) is 11.3 Å². The van der Waals surface area contributed by atoms with E-state index < -0.39 is 17.5 Å². The first-order valence-electron chi connectivity index (χ1n) is 5.31. The van der Waals surface area contributed by atoms with Gasteiger partial charge in [-0.2, -0.15) is 0 Å². The molecule has 2 rings (SSSR count). The van der Waals surface area contributed by atoms with Gasteiger partial charge in [-0.05, 0) is 23.6 Å². The van der Waals surface area contributed by atoms with Crippen LogP contribution in [0.5, 0.6) is 0 Å². The molecule has 0 unspecified atom stereocenters. The van der Waals surface area contributed by atoms with Crippen LogP contribution in [0.2, 0.25) is 0 Å². The van der Waals surface area contributed by atoms with Crippen molar-refractivity contribution in [3.63, 3.8) is 0 Å². The Kier molecular flexibility index (Phi) is 3.72. The van der Waals surface area contributed by atoms with E-state index in [0.29, 0.717) is 6.54 Å². The van der Waals surface area contributed by atoms with E-state index in [9.17, 15) is 13.6 Å². The molecule has 2 aromatic rings. The van der Waals surface area contributed by atoms with Gasteiger partial charge >= 0.3 is 0 Å². The number of nitrogens with zero attached hydrogens (tertiary/aromatic N) is 1. The molecular formula is C13H11F2NOS. The van der Waals surface area contributed by atoms with Gasteiger partial charge in [-0.1, -0.05) is 12.1 Å². The molecule has 94 valence electrons. The highest BCUT2D eigenvalue weighted by atomic mass is 32.1. The van der Waals surface area contributed by atoms with E-state index in [-0.39, 0.29) is 5.56 Å². The molecule has 0 saturated heterocycles. The van der Waals surface area contributed by atoms with Crippen molar-refractivity contribution in [1.29, 1.82) is 0 Å². The zero-order valence-electron chi connectivity index (χ0n) is 9.69. The van der Waals surface area contributed by atoms with Crippen molar-refractivity contribution in [3.05, 3.63) is 57.8 Å². The standard InChI is InChI=1S/C13H11F2NOS/c1-16(8-9-4-3-7-18-9)13(17)10-5-2-6-11(14)12(10)15/h2-7H,8H2,1H3. The van der Waals surface area contributed by atoms with Crippen LogP contribution in [0.1, 0.15) is 15.2 Å². The molecule has 0 aliphatic carbocycles. The predicted octanol–water partition coefficient (Wildman–Crippen LogP) is 3.30. The molecule has 0 atom stereocenters. The van der Waals surface area contributed by atoms with Gasteiger partial charge in [0.2, 0.25) is 0 Å². The smallest absolute Gasteiger partial charge is 0.257 e. The zero-order valence-corrected chi connectivity index (χ0v) is 10.5. The van der Waals surface area contributed by atoms with Crippen LogP contribution in [0, 0.1) is 11.6 Å². The van der Waals surface area contributed by atoms with Crippen molar-refractivity contribution in [2.45, 2.75) is 6.54 Å². The molecule has 0 fully saturated rings. The highest BCUT2D eigenvalue weighted by Crippen LogP contribution is 2.16. The Labute approximate surface area is 107 Å². The van der Waals surface area contributed by atoms with E-state index in [0.717, 1.165) is 10.9 Å². The molecule has 0 saturated carbocycles. The SMILES string of the molecule is CN(Cc1cccs1)C(=O)c1cccc(F)c1F. The lowest BCUT2D eigenvalue weighted by atomic mass is 10.2. The lowest BCUT2D eigenvalue weighted by molar-refractivity contribution is 0.0780. The van der Waals surface area contributed by atoms with E-state index in [1.807, 2.05) is 17.5 Å². The van der Waals surface area contributed by atoms with Gasteiger partial charge in [0.15, 0.2) is 11.6 Å². The second-order valence-corrected chi connectivity index (χ2v) is 4.87. The number of thiophene rings is 1. The van der Waals surface area contributed by atoms with Crippen LogP contribution >= 0.6 is 11.3 Å². The van der Waals surface area contributed by atoms with Crippen LogP contribution in [0.15, 0.2) is 35.7 Å². The van der Waals surface area contributed by atoms with Crippen molar-refractivity contribution >= 4 is 17.2 Å². The third-order valence-corrected chi connectivity index (χ3v) is 3.36. The lowest BCUT2D eigenvalue weighted by Crippen LogP contribution is -2.26. The van der Waals surface area contributed by atoms with Crippen molar-refractivity contribution in [3.8, 4) is 0 Å². The summed E-state index contributed by atoms with van der Waals surface area (Å²) in [7, 11) is 1.56. The maximum Gasteiger partial charge on any atom is 0.257 e. The average molecular weight is 267 g/mol. The normalized spacial score (nSPS) is 10.4. The van der Waals surface area contributed by atoms with Gasteiger partial charge in [0.05, 0.1) is 12.1 Å². The molecule has 1 aromatic heterocycles. The molecule has 18 heavy (non-hydrogen) atoms. The largest absolute Gasteiger partial charge is 0.336 e. The summed E-state index contributed by atoms with van der Waals surface area (Å²) in [6, 6.07) is 7.36. The summed E-state index contributed by atoms with van der Waals surface area (Å²) in [5.74, 6) is -2.63. The number of benzene rings is 1. The Hall–Kier alpha value is -1.75. The van der Waals surface area contributed by atoms with Gasteiger partial charge in [0.25, 0.3) is 5.91 Å². The van der Waals surface area contributed by atoms with E-state index in [4.69, 9.17) is 0 Å². The Bertz CT molecular complexity index is 554. The van der Waals surface area contributed by atoms with Crippen LogP contribution in [-0.4, -0.2) is 17.9 Å². The highest BCUT2D eigenvalue weighted by molar-refractivity contribution is 7.09. The Morgan fingerprint density at radius 2 is 2.06 bits per heavy atom. The zero-order chi connectivity index (χ0) is 13.1. The molecule has 0 radical (unpaired) electrons. The molecule has 0 aliphatic heterocycles. The fourth-order valence-corrected chi connectivity index (χ4v) is 2.34. The second kappa shape index (κ2) is 5.27. The first-order valence-corrected chi connectivity index (χ1v) is 6.19. The van der Waals surface area contributed by atoms with E-state index in [1.54, 1.807) is 7.05 Å². The van der Waals surface area contributed by atoms with Gasteiger partial charge < -0.3 is 4.90 Å². The fraction of sp³-hybridized carbons (Fsp3) is 0.154. The van der Waals surface area contributed by atoms with Crippen LogP contribution in [0.4, 0.5) is 8.78 Å². The molecule has 0 aliphatic rings. The topological polar surface area (TPSA) is 20.3 Å². The minimum absolute atomic E-state index is 0.242. The molecule has 0 bridgehead atoms. The van der Waals surface area contributed by atoms with E-state index in [2.05, 4.69) is 0 Å². The Morgan fingerprint density at radius 1 is 1.28 bits per heavy atom. The molecule has 1 heterocycles. The molecule has 1 aromatic carbocycles. The van der Waals surface area contributed by atoms with Gasteiger partial charge in [-0.3, -0.25) is 4.79 Å². The van der Waals surface area contributed by atoms with Crippen LogP contribution in [0.25, 0.3) is 0 Å². The highest BCUT2D eigenvalue weighted by Gasteiger charge is 2.18. The third-order valence-electron chi connectivity index (χ3n) is 2.50. The predicted molar refractivity (Wildman–Crippen MR) is 66.5 cm³/mol. The third kappa shape index (κ3) is 2.56. The van der Waals surface area contributed by atoms with Crippen molar-refractivity contribution < 1.29 is 13.6 Å². The maximum atomic E-state index is 13.5. The lowest BCUT2D eigenvalue weighted by Gasteiger charge is -2.16. The number of halogens is 2. The van der Waals surface area contributed by atoms with E-state index in [1.165, 1.54) is 28.4 Å². The van der Waals surface area contributed by atoms with E-state index >= 15 is 0 Å². The molecule has 5 heteroatoms. The van der Waals surface area contributed by atoms with Crippen molar-refractivity contribution in [1.82, 2.24) is 4.90 Å². The monoisotopic (exact) mass is 267 g/mol. The summed E-state index contributed by atoms with van der Waals surface area (Å²) in [6.07, 6.45) is 0. The second-order valence-electron chi connectivity index (χ2n) is 3.84. The summed E-state index contributed by atoms with van der Waals surface area (Å²) >= 11 is 1.51. The first-order chi connectivity index (χ1) is 8.59. The van der Waals surface area contributed by atoms with Gasteiger partial charge in [0.1, 0.15) is 0 Å². The summed E-state index contributed by atoms with van der Waals surface area (Å²) < 4.78 is 26.5. The van der Waals surface area contributed by atoms with Crippen molar-refractivity contribution in [2.24, 2.45) is 0 Å². The first kappa shape index (κ1) is 12.7.